The van der Waals surface area contributed by atoms with Gasteiger partial charge in [-0.3, -0.25) is 4.79 Å². The third-order valence-electron chi connectivity index (χ3n) is 2.34. The van der Waals surface area contributed by atoms with Crippen LogP contribution in [0.5, 0.6) is 0 Å². The van der Waals surface area contributed by atoms with Crippen LogP contribution in [-0.4, -0.2) is 33.0 Å². The van der Waals surface area contributed by atoms with Crippen LogP contribution in [0.25, 0.3) is 0 Å². The minimum atomic E-state index is -0.444. The highest BCUT2D eigenvalue weighted by molar-refractivity contribution is 5.92. The number of benzene rings is 1. The second-order valence-corrected chi connectivity index (χ2v) is 3.47. The first-order valence-electron chi connectivity index (χ1n) is 5.13. The van der Waals surface area contributed by atoms with Gasteiger partial charge in [0.05, 0.1) is 18.8 Å². The Hall–Kier alpha value is -2.21. The fourth-order valence-corrected chi connectivity index (χ4v) is 1.46. The number of nitrogens with zero attached hydrogens (tertiary/aromatic N) is 2. The van der Waals surface area contributed by atoms with Crippen molar-refractivity contribution >= 4 is 5.91 Å². The van der Waals surface area contributed by atoms with E-state index in [0.29, 0.717) is 0 Å². The SMILES string of the molecule is O=C(NC(CO)c1ccccc1)c1cn[nH]n1. The van der Waals surface area contributed by atoms with Crippen molar-refractivity contribution in [2.45, 2.75) is 6.04 Å². The van der Waals surface area contributed by atoms with E-state index in [4.69, 9.17) is 0 Å². The number of nitrogens with one attached hydrogen (secondary N) is 2. The van der Waals surface area contributed by atoms with Gasteiger partial charge in [0.1, 0.15) is 0 Å². The number of hydrogen-bond acceptors (Lipinski definition) is 4. The lowest BCUT2D eigenvalue weighted by Crippen LogP contribution is -2.31. The molecule has 1 heterocycles. The van der Waals surface area contributed by atoms with Gasteiger partial charge in [0.15, 0.2) is 5.69 Å². The van der Waals surface area contributed by atoms with Crippen molar-refractivity contribution in [1.29, 1.82) is 0 Å². The molecule has 1 aromatic heterocycles. The quantitative estimate of drug-likeness (QED) is 0.705. The summed E-state index contributed by atoms with van der Waals surface area (Å²) in [5.41, 5.74) is 1.03. The molecule has 0 bridgehead atoms. The van der Waals surface area contributed by atoms with Gasteiger partial charge in [0.25, 0.3) is 5.91 Å². The third-order valence-corrected chi connectivity index (χ3v) is 2.34. The number of aliphatic hydroxyl groups excluding tert-OH is 1. The van der Waals surface area contributed by atoms with E-state index in [2.05, 4.69) is 20.7 Å². The van der Waals surface area contributed by atoms with E-state index in [-0.39, 0.29) is 18.2 Å². The molecule has 1 aromatic carbocycles. The lowest BCUT2D eigenvalue weighted by atomic mass is 10.1. The summed E-state index contributed by atoms with van der Waals surface area (Å²) in [5, 5.41) is 21.5. The van der Waals surface area contributed by atoms with Crippen molar-refractivity contribution in [2.75, 3.05) is 6.61 Å². The van der Waals surface area contributed by atoms with Gasteiger partial charge < -0.3 is 10.4 Å². The van der Waals surface area contributed by atoms with Gasteiger partial charge in [-0.2, -0.15) is 15.4 Å². The van der Waals surface area contributed by atoms with Crippen molar-refractivity contribution in [3.8, 4) is 0 Å². The third kappa shape index (κ3) is 2.67. The monoisotopic (exact) mass is 232 g/mol. The average Bonchev–Trinajstić information content (AvgIpc) is 2.90. The Morgan fingerprint density at radius 3 is 2.76 bits per heavy atom. The fourth-order valence-electron chi connectivity index (χ4n) is 1.46. The predicted octanol–water partition coefficient (Wildman–Crippen LogP) is 0.268. The molecular weight excluding hydrogens is 220 g/mol. The van der Waals surface area contributed by atoms with E-state index in [1.807, 2.05) is 30.3 Å². The molecule has 1 atom stereocenters. The van der Waals surface area contributed by atoms with Crippen LogP contribution >= 0.6 is 0 Å². The molecule has 3 N–H and O–H groups in total. The predicted molar refractivity (Wildman–Crippen MR) is 60.1 cm³/mol. The standard InChI is InChI=1S/C11H12N4O2/c16-7-10(8-4-2-1-3-5-8)13-11(17)9-6-12-15-14-9/h1-6,10,16H,7H2,(H,13,17)(H,12,14,15). The Morgan fingerprint density at radius 2 is 2.18 bits per heavy atom. The molecule has 0 aliphatic rings. The van der Waals surface area contributed by atoms with Crippen LogP contribution in [0.15, 0.2) is 36.5 Å². The van der Waals surface area contributed by atoms with Crippen LogP contribution in [0.3, 0.4) is 0 Å². The number of carbonyl (C=O) groups excluding carboxylic acids is 1. The van der Waals surface area contributed by atoms with Crippen molar-refractivity contribution < 1.29 is 9.90 Å². The van der Waals surface area contributed by atoms with Crippen LogP contribution in [0, 0.1) is 0 Å². The van der Waals surface area contributed by atoms with Gasteiger partial charge in [-0.1, -0.05) is 30.3 Å². The first-order valence-corrected chi connectivity index (χ1v) is 5.13. The molecule has 1 unspecified atom stereocenters. The Bertz CT molecular complexity index is 469. The molecule has 2 aromatic rings. The van der Waals surface area contributed by atoms with Gasteiger partial charge in [-0.05, 0) is 5.56 Å². The second kappa shape index (κ2) is 5.22. The minimum Gasteiger partial charge on any atom is -0.394 e. The summed E-state index contributed by atoms with van der Waals surface area (Å²) >= 11 is 0. The van der Waals surface area contributed by atoms with Crippen LogP contribution in [0.4, 0.5) is 0 Å². The molecule has 17 heavy (non-hydrogen) atoms. The van der Waals surface area contributed by atoms with Crippen molar-refractivity contribution in [3.05, 3.63) is 47.8 Å². The topological polar surface area (TPSA) is 90.9 Å². The summed E-state index contributed by atoms with van der Waals surface area (Å²) in [6.45, 7) is -0.173. The lowest BCUT2D eigenvalue weighted by molar-refractivity contribution is 0.0911. The van der Waals surface area contributed by atoms with Gasteiger partial charge >= 0.3 is 0 Å². The highest BCUT2D eigenvalue weighted by Gasteiger charge is 2.16. The first kappa shape index (κ1) is 11.3. The van der Waals surface area contributed by atoms with Crippen molar-refractivity contribution in [2.24, 2.45) is 0 Å². The number of hydrogen-bond donors (Lipinski definition) is 3. The number of H-pyrrole nitrogens is 1. The molecular formula is C11H12N4O2. The first-order chi connectivity index (χ1) is 8.31. The largest absolute Gasteiger partial charge is 0.394 e. The highest BCUT2D eigenvalue weighted by atomic mass is 16.3. The second-order valence-electron chi connectivity index (χ2n) is 3.47. The Labute approximate surface area is 97.7 Å². The molecule has 0 aliphatic carbocycles. The van der Waals surface area contributed by atoms with Crippen LogP contribution in [0.2, 0.25) is 0 Å². The van der Waals surface area contributed by atoms with E-state index in [1.54, 1.807) is 0 Å². The smallest absolute Gasteiger partial charge is 0.274 e. The molecule has 0 fully saturated rings. The number of aromatic amines is 1. The Morgan fingerprint density at radius 1 is 1.41 bits per heavy atom. The molecule has 88 valence electrons. The molecule has 1 amide bonds. The lowest BCUT2D eigenvalue weighted by Gasteiger charge is -2.15. The van der Waals surface area contributed by atoms with E-state index in [0.717, 1.165) is 5.56 Å². The summed E-state index contributed by atoms with van der Waals surface area (Å²) in [7, 11) is 0. The maximum Gasteiger partial charge on any atom is 0.274 e. The molecule has 2 rings (SSSR count). The van der Waals surface area contributed by atoms with E-state index in [1.165, 1.54) is 6.20 Å². The summed E-state index contributed by atoms with van der Waals surface area (Å²) < 4.78 is 0. The zero-order valence-electron chi connectivity index (χ0n) is 9.00. The van der Waals surface area contributed by atoms with Crippen LogP contribution in [-0.2, 0) is 0 Å². The molecule has 6 nitrogen and oxygen atoms in total. The molecule has 0 saturated heterocycles. The van der Waals surface area contributed by atoms with Crippen molar-refractivity contribution in [1.82, 2.24) is 20.7 Å². The zero-order valence-corrected chi connectivity index (χ0v) is 9.00. The summed E-state index contributed by atoms with van der Waals surface area (Å²) in [5.74, 6) is -0.373. The average molecular weight is 232 g/mol. The van der Waals surface area contributed by atoms with Crippen LogP contribution < -0.4 is 5.32 Å². The molecule has 0 aliphatic heterocycles. The zero-order chi connectivity index (χ0) is 12.1. The fraction of sp³-hybridized carbons (Fsp3) is 0.182. The Balaban J connectivity index is 2.09. The normalized spacial score (nSPS) is 12.1. The van der Waals surface area contributed by atoms with E-state index >= 15 is 0 Å². The van der Waals surface area contributed by atoms with E-state index in [9.17, 15) is 9.90 Å². The maximum atomic E-state index is 11.7. The summed E-state index contributed by atoms with van der Waals surface area (Å²) in [6.07, 6.45) is 1.33. The van der Waals surface area contributed by atoms with Crippen molar-refractivity contribution in [3.63, 3.8) is 0 Å². The minimum absolute atomic E-state index is 0.173. The van der Waals surface area contributed by atoms with Gasteiger partial charge in [0.2, 0.25) is 0 Å². The number of amides is 1. The van der Waals surface area contributed by atoms with E-state index < -0.39 is 6.04 Å². The summed E-state index contributed by atoms with van der Waals surface area (Å²) in [4.78, 5) is 11.7. The molecule has 0 saturated carbocycles. The molecule has 0 radical (unpaired) electrons. The van der Waals surface area contributed by atoms with Crippen LogP contribution in [0.1, 0.15) is 22.1 Å². The number of rotatable bonds is 4. The number of aliphatic hydroxyl groups is 1. The molecule has 6 heteroatoms. The number of carbonyl (C=O) groups is 1. The molecule has 0 spiro atoms. The van der Waals surface area contributed by atoms with Gasteiger partial charge in [-0.25, -0.2) is 0 Å². The maximum absolute atomic E-state index is 11.7. The number of aromatic nitrogens is 3. The Kier molecular flexibility index (Phi) is 3.46. The highest BCUT2D eigenvalue weighted by Crippen LogP contribution is 2.11. The van der Waals surface area contributed by atoms with Gasteiger partial charge in [-0.15, -0.1) is 0 Å². The summed E-state index contributed by atoms with van der Waals surface area (Å²) in [6, 6.07) is 8.80. The van der Waals surface area contributed by atoms with Gasteiger partial charge in [0, 0.05) is 0 Å².